The van der Waals surface area contributed by atoms with Gasteiger partial charge in [0.25, 0.3) is 0 Å². The molecule has 0 spiro atoms. The van der Waals surface area contributed by atoms with Crippen LogP contribution >= 0.6 is 12.2 Å². The van der Waals surface area contributed by atoms with E-state index in [1.54, 1.807) is 0 Å². The molecule has 0 aliphatic rings. The lowest BCUT2D eigenvalue weighted by molar-refractivity contribution is 0.981. The van der Waals surface area contributed by atoms with Crippen LogP contribution in [0.1, 0.15) is 5.56 Å². The molecule has 0 N–H and O–H groups in total. The summed E-state index contributed by atoms with van der Waals surface area (Å²) in [6, 6.07) is 10.2. The number of aromatic nitrogens is 1. The Morgan fingerprint density at radius 3 is 3.00 bits per heavy atom. The first-order valence-corrected chi connectivity index (χ1v) is 5.19. The van der Waals surface area contributed by atoms with Gasteiger partial charge in [0, 0.05) is 11.6 Å². The average Bonchev–Trinajstić information content (AvgIpc) is 2.30. The fraction of sp³-hybridized carbons (Fsp3) is 0.167. The Labute approximate surface area is 93.7 Å². The highest BCUT2D eigenvalue weighted by atomic mass is 32.1. The van der Waals surface area contributed by atoms with Crippen molar-refractivity contribution in [1.82, 2.24) is 4.98 Å². The first-order valence-electron chi connectivity index (χ1n) is 4.78. The van der Waals surface area contributed by atoms with Gasteiger partial charge in [0.2, 0.25) is 0 Å². The van der Waals surface area contributed by atoms with Crippen molar-refractivity contribution in [3.63, 3.8) is 0 Å². The zero-order valence-corrected chi connectivity index (χ0v) is 9.00. The number of nitrogens with zero attached hydrogens (tertiary/aromatic N) is 2. The smallest absolute Gasteiger partial charge is 0.0734 e. The second kappa shape index (κ2) is 4.78. The Bertz CT molecular complexity index is 511. The van der Waals surface area contributed by atoms with E-state index in [0.29, 0.717) is 6.54 Å². The number of isothiocyanates is 1. The molecule has 3 heteroatoms. The molecule has 0 bridgehead atoms. The van der Waals surface area contributed by atoms with Gasteiger partial charge in [-0.15, -0.1) is 0 Å². The van der Waals surface area contributed by atoms with Crippen molar-refractivity contribution < 1.29 is 0 Å². The van der Waals surface area contributed by atoms with Crippen molar-refractivity contribution in [3.05, 3.63) is 42.1 Å². The quantitative estimate of drug-likeness (QED) is 0.580. The van der Waals surface area contributed by atoms with Crippen LogP contribution < -0.4 is 0 Å². The third-order valence-electron chi connectivity index (χ3n) is 2.27. The fourth-order valence-electron chi connectivity index (χ4n) is 1.59. The molecule has 0 saturated heterocycles. The molecule has 0 amide bonds. The number of thiocarbonyl (C=S) groups is 1. The number of fused-ring (bicyclic) bond motifs is 1. The molecule has 2 nitrogen and oxygen atoms in total. The number of para-hydroxylation sites is 1. The molecule has 2 rings (SSSR count). The first kappa shape index (κ1) is 9.97. The van der Waals surface area contributed by atoms with Crippen molar-refractivity contribution in [3.8, 4) is 0 Å². The molecule has 0 atom stereocenters. The Hall–Kier alpha value is -1.57. The van der Waals surface area contributed by atoms with E-state index in [1.807, 2.05) is 18.3 Å². The van der Waals surface area contributed by atoms with Crippen molar-refractivity contribution in [1.29, 1.82) is 0 Å². The molecule has 2 aromatic rings. The normalized spacial score (nSPS) is 9.87. The molecule has 1 aromatic carbocycles. The maximum Gasteiger partial charge on any atom is 0.0734 e. The molecular formula is C12H10N2S. The van der Waals surface area contributed by atoms with Crippen LogP contribution in [0.25, 0.3) is 10.9 Å². The molecule has 74 valence electrons. The minimum atomic E-state index is 0.680. The van der Waals surface area contributed by atoms with E-state index >= 15 is 0 Å². The van der Waals surface area contributed by atoms with Crippen molar-refractivity contribution in [2.75, 3.05) is 6.54 Å². The zero-order chi connectivity index (χ0) is 10.5. The van der Waals surface area contributed by atoms with E-state index in [2.05, 4.69) is 45.6 Å². The lowest BCUT2D eigenvalue weighted by atomic mass is 10.1. The lowest BCUT2D eigenvalue weighted by Gasteiger charge is -2.02. The van der Waals surface area contributed by atoms with E-state index in [9.17, 15) is 0 Å². The molecular weight excluding hydrogens is 204 g/mol. The highest BCUT2D eigenvalue weighted by Crippen LogP contribution is 2.16. The summed E-state index contributed by atoms with van der Waals surface area (Å²) in [5.41, 5.74) is 2.27. The maximum absolute atomic E-state index is 4.53. The van der Waals surface area contributed by atoms with Gasteiger partial charge < -0.3 is 0 Å². The van der Waals surface area contributed by atoms with Crippen LogP contribution in [0.15, 0.2) is 41.5 Å². The Balaban J connectivity index is 2.37. The van der Waals surface area contributed by atoms with Gasteiger partial charge >= 0.3 is 0 Å². The third-order valence-corrected chi connectivity index (χ3v) is 2.40. The molecule has 0 aliphatic carbocycles. The standard InChI is InChI=1S/C12H10N2S/c15-9-13-8-6-11-4-1-3-10-5-2-7-14-12(10)11/h1-5,7H,6,8H2. The van der Waals surface area contributed by atoms with Gasteiger partial charge in [-0.2, -0.15) is 0 Å². The molecule has 0 radical (unpaired) electrons. The van der Waals surface area contributed by atoms with Gasteiger partial charge in [0.05, 0.1) is 17.2 Å². The number of hydrogen-bond donors (Lipinski definition) is 0. The summed E-state index contributed by atoms with van der Waals surface area (Å²) in [6.07, 6.45) is 2.67. The number of benzene rings is 1. The summed E-state index contributed by atoms with van der Waals surface area (Å²) in [5, 5.41) is 3.54. The molecule has 0 aliphatic heterocycles. The van der Waals surface area contributed by atoms with Crippen LogP contribution in [0, 0.1) is 0 Å². The van der Waals surface area contributed by atoms with Gasteiger partial charge in [-0.1, -0.05) is 24.3 Å². The van der Waals surface area contributed by atoms with E-state index in [0.717, 1.165) is 11.9 Å². The van der Waals surface area contributed by atoms with Gasteiger partial charge in [-0.05, 0) is 30.3 Å². The van der Waals surface area contributed by atoms with Crippen LogP contribution in [0.3, 0.4) is 0 Å². The lowest BCUT2D eigenvalue weighted by Crippen LogP contribution is -1.92. The summed E-state index contributed by atoms with van der Waals surface area (Å²) < 4.78 is 0. The molecule has 1 aromatic heterocycles. The summed E-state index contributed by atoms with van der Waals surface area (Å²) in [5.74, 6) is 0. The van der Waals surface area contributed by atoms with E-state index in [-0.39, 0.29) is 0 Å². The number of rotatable bonds is 3. The highest BCUT2D eigenvalue weighted by Gasteiger charge is 2.00. The van der Waals surface area contributed by atoms with Crippen LogP contribution in [0.5, 0.6) is 0 Å². The minimum Gasteiger partial charge on any atom is -0.256 e. The summed E-state index contributed by atoms with van der Waals surface area (Å²) >= 11 is 4.53. The van der Waals surface area contributed by atoms with E-state index in [4.69, 9.17) is 0 Å². The van der Waals surface area contributed by atoms with E-state index < -0.39 is 0 Å². The third kappa shape index (κ3) is 2.27. The topological polar surface area (TPSA) is 25.2 Å². The Morgan fingerprint density at radius 2 is 2.13 bits per heavy atom. The van der Waals surface area contributed by atoms with Gasteiger partial charge in [0.15, 0.2) is 0 Å². The molecule has 0 unspecified atom stereocenters. The predicted octanol–water partition coefficient (Wildman–Crippen LogP) is 2.88. The average molecular weight is 214 g/mol. The fourth-order valence-corrected chi connectivity index (χ4v) is 1.68. The molecule has 15 heavy (non-hydrogen) atoms. The molecule has 0 saturated carbocycles. The largest absolute Gasteiger partial charge is 0.256 e. The summed E-state index contributed by atoms with van der Waals surface area (Å²) in [4.78, 5) is 8.28. The summed E-state index contributed by atoms with van der Waals surface area (Å²) in [7, 11) is 0. The van der Waals surface area contributed by atoms with Gasteiger partial charge in [-0.25, -0.2) is 4.99 Å². The SMILES string of the molecule is S=C=NCCc1cccc2cccnc12. The zero-order valence-electron chi connectivity index (χ0n) is 8.18. The van der Waals surface area contributed by atoms with Crippen molar-refractivity contribution >= 4 is 28.3 Å². The van der Waals surface area contributed by atoms with E-state index in [1.165, 1.54) is 10.9 Å². The highest BCUT2D eigenvalue weighted by molar-refractivity contribution is 7.78. The van der Waals surface area contributed by atoms with Crippen molar-refractivity contribution in [2.45, 2.75) is 6.42 Å². The van der Waals surface area contributed by atoms with Crippen LogP contribution in [-0.2, 0) is 6.42 Å². The first-order chi connectivity index (χ1) is 7.42. The second-order valence-electron chi connectivity index (χ2n) is 3.22. The number of aliphatic imine (C=N–C) groups is 1. The van der Waals surface area contributed by atoms with Gasteiger partial charge in [-0.3, -0.25) is 4.98 Å². The van der Waals surface area contributed by atoms with Crippen LogP contribution in [0.4, 0.5) is 0 Å². The number of pyridine rings is 1. The Kier molecular flexibility index (Phi) is 3.18. The predicted molar refractivity (Wildman–Crippen MR) is 65.3 cm³/mol. The molecule has 1 heterocycles. The number of hydrogen-bond acceptors (Lipinski definition) is 3. The maximum atomic E-state index is 4.53. The minimum absolute atomic E-state index is 0.680. The van der Waals surface area contributed by atoms with Crippen molar-refractivity contribution in [2.24, 2.45) is 4.99 Å². The monoisotopic (exact) mass is 214 g/mol. The van der Waals surface area contributed by atoms with Crippen LogP contribution in [-0.4, -0.2) is 16.7 Å². The Morgan fingerprint density at radius 1 is 1.27 bits per heavy atom. The van der Waals surface area contributed by atoms with Gasteiger partial charge in [0.1, 0.15) is 0 Å². The van der Waals surface area contributed by atoms with Crippen LogP contribution in [0.2, 0.25) is 0 Å². The molecule has 0 fully saturated rings. The second-order valence-corrected chi connectivity index (χ2v) is 3.40. The summed E-state index contributed by atoms with van der Waals surface area (Å²) in [6.45, 7) is 0.680.